The van der Waals surface area contributed by atoms with Gasteiger partial charge in [0, 0.05) is 12.3 Å². The zero-order valence-electron chi connectivity index (χ0n) is 9.82. The molecule has 0 N–H and O–H groups in total. The number of hydrogen-bond donors (Lipinski definition) is 0. The van der Waals surface area contributed by atoms with E-state index in [1.807, 2.05) is 18.2 Å². The van der Waals surface area contributed by atoms with Crippen LogP contribution >= 0.6 is 11.6 Å². The van der Waals surface area contributed by atoms with E-state index in [1.54, 1.807) is 6.07 Å². The average molecular weight is 253 g/mol. The molecule has 0 spiro atoms. The highest BCUT2D eigenvalue weighted by molar-refractivity contribution is 6.32. The number of ether oxygens (including phenoxy) is 1. The Morgan fingerprint density at radius 1 is 1.29 bits per heavy atom. The first-order valence-electron chi connectivity index (χ1n) is 6.17. The van der Waals surface area contributed by atoms with Crippen molar-refractivity contribution in [3.05, 3.63) is 29.3 Å². The van der Waals surface area contributed by atoms with Gasteiger partial charge < -0.3 is 4.74 Å². The molecule has 1 aromatic carbocycles. The maximum Gasteiger partial charge on any atom is 0.139 e. The van der Waals surface area contributed by atoms with Gasteiger partial charge in [-0.1, -0.05) is 36.6 Å². The molecule has 0 bridgehead atoms. The van der Waals surface area contributed by atoms with Crippen LogP contribution in [0.15, 0.2) is 24.3 Å². The number of carbonyl (C=O) groups excluding carboxylic acids is 1. The summed E-state index contributed by atoms with van der Waals surface area (Å²) in [4.78, 5) is 11.8. The lowest BCUT2D eigenvalue weighted by Crippen LogP contribution is -2.14. The Hall–Kier alpha value is -1.02. The van der Waals surface area contributed by atoms with Crippen LogP contribution in [-0.2, 0) is 4.79 Å². The molecule has 17 heavy (non-hydrogen) atoms. The van der Waals surface area contributed by atoms with E-state index in [2.05, 4.69) is 0 Å². The van der Waals surface area contributed by atoms with Crippen molar-refractivity contribution >= 4 is 17.4 Å². The highest BCUT2D eigenvalue weighted by Gasteiger charge is 2.22. The van der Waals surface area contributed by atoms with Gasteiger partial charge in [0.05, 0.1) is 11.6 Å². The molecule has 2 nitrogen and oxygen atoms in total. The van der Waals surface area contributed by atoms with Gasteiger partial charge in [-0.15, -0.1) is 0 Å². The van der Waals surface area contributed by atoms with Crippen LogP contribution in [0, 0.1) is 5.92 Å². The Morgan fingerprint density at radius 3 is 2.71 bits per heavy atom. The zero-order valence-corrected chi connectivity index (χ0v) is 10.6. The van der Waals surface area contributed by atoms with E-state index in [0.29, 0.717) is 29.6 Å². The quantitative estimate of drug-likeness (QED) is 0.795. The van der Waals surface area contributed by atoms with Gasteiger partial charge >= 0.3 is 0 Å². The van der Waals surface area contributed by atoms with Crippen molar-refractivity contribution in [2.75, 3.05) is 6.61 Å². The van der Waals surface area contributed by atoms with Gasteiger partial charge in [0.15, 0.2) is 0 Å². The number of rotatable bonds is 5. The van der Waals surface area contributed by atoms with Crippen molar-refractivity contribution in [3.63, 3.8) is 0 Å². The van der Waals surface area contributed by atoms with Gasteiger partial charge in [-0.2, -0.15) is 0 Å². The third-order valence-corrected chi connectivity index (χ3v) is 3.57. The minimum absolute atomic E-state index is 0.282. The second kappa shape index (κ2) is 6.06. The van der Waals surface area contributed by atoms with Crippen molar-refractivity contribution in [2.45, 2.75) is 32.1 Å². The smallest absolute Gasteiger partial charge is 0.139 e. The molecule has 2 rings (SSSR count). The first-order chi connectivity index (χ1) is 8.27. The van der Waals surface area contributed by atoms with Gasteiger partial charge in [0.2, 0.25) is 0 Å². The Labute approximate surface area is 107 Å². The fourth-order valence-electron chi connectivity index (χ4n) is 2.28. The number of hydrogen-bond acceptors (Lipinski definition) is 2. The van der Waals surface area contributed by atoms with Gasteiger partial charge in [0.25, 0.3) is 0 Å². The normalized spacial score (nSPS) is 16.1. The van der Waals surface area contributed by atoms with Crippen molar-refractivity contribution in [3.8, 4) is 5.75 Å². The standard InChI is InChI=1S/C14H17ClO2/c15-12-7-3-4-8-14(12)17-10-9-13(16)11-5-1-2-6-11/h3-4,7-8,11H,1-2,5-6,9-10H2. The predicted molar refractivity (Wildman–Crippen MR) is 68.5 cm³/mol. The average Bonchev–Trinajstić information content (AvgIpc) is 2.85. The van der Waals surface area contributed by atoms with Crippen LogP contribution in [0.4, 0.5) is 0 Å². The highest BCUT2D eigenvalue weighted by Crippen LogP contribution is 2.27. The Kier molecular flexibility index (Phi) is 4.43. The third-order valence-electron chi connectivity index (χ3n) is 3.25. The molecule has 1 saturated carbocycles. The molecule has 0 amide bonds. The number of Topliss-reactive ketones (excluding diaryl/α,β-unsaturated/α-hetero) is 1. The second-order valence-corrected chi connectivity index (χ2v) is 4.88. The van der Waals surface area contributed by atoms with Crippen LogP contribution in [0.5, 0.6) is 5.75 Å². The van der Waals surface area contributed by atoms with Gasteiger partial charge in [-0.05, 0) is 25.0 Å². The summed E-state index contributed by atoms with van der Waals surface area (Å²) in [5, 5.41) is 0.598. The van der Waals surface area contributed by atoms with Gasteiger partial charge in [-0.3, -0.25) is 4.79 Å². The molecule has 0 radical (unpaired) electrons. The molecule has 1 aromatic rings. The van der Waals surface area contributed by atoms with Gasteiger partial charge in [-0.25, -0.2) is 0 Å². The van der Waals surface area contributed by atoms with Crippen LogP contribution in [-0.4, -0.2) is 12.4 Å². The van der Waals surface area contributed by atoms with Crippen molar-refractivity contribution in [1.29, 1.82) is 0 Å². The van der Waals surface area contributed by atoms with Crippen molar-refractivity contribution in [1.82, 2.24) is 0 Å². The van der Waals surface area contributed by atoms with Gasteiger partial charge in [0.1, 0.15) is 11.5 Å². The van der Waals surface area contributed by atoms with E-state index < -0.39 is 0 Å². The van der Waals surface area contributed by atoms with Crippen molar-refractivity contribution in [2.24, 2.45) is 5.92 Å². The lowest BCUT2D eigenvalue weighted by Gasteiger charge is -2.10. The van der Waals surface area contributed by atoms with E-state index in [4.69, 9.17) is 16.3 Å². The Balaban J connectivity index is 1.76. The fourth-order valence-corrected chi connectivity index (χ4v) is 2.47. The van der Waals surface area contributed by atoms with E-state index in [0.717, 1.165) is 12.8 Å². The molecule has 0 aromatic heterocycles. The summed E-state index contributed by atoms with van der Waals surface area (Å²) in [7, 11) is 0. The molecule has 0 atom stereocenters. The Bertz CT molecular complexity index is 384. The lowest BCUT2D eigenvalue weighted by atomic mass is 10.0. The van der Waals surface area contributed by atoms with Crippen LogP contribution in [0.25, 0.3) is 0 Å². The molecule has 1 fully saturated rings. The van der Waals surface area contributed by atoms with E-state index >= 15 is 0 Å². The summed E-state index contributed by atoms with van der Waals surface area (Å²) in [6.45, 7) is 0.430. The number of benzene rings is 1. The zero-order chi connectivity index (χ0) is 12.1. The van der Waals surface area contributed by atoms with Crippen molar-refractivity contribution < 1.29 is 9.53 Å². The number of halogens is 1. The second-order valence-electron chi connectivity index (χ2n) is 4.48. The van der Waals surface area contributed by atoms with Crippen LogP contribution in [0.1, 0.15) is 32.1 Å². The maximum atomic E-state index is 11.8. The molecule has 3 heteroatoms. The minimum atomic E-state index is 0.282. The van der Waals surface area contributed by atoms with Crippen LogP contribution in [0.2, 0.25) is 5.02 Å². The van der Waals surface area contributed by atoms with Crippen LogP contribution in [0.3, 0.4) is 0 Å². The minimum Gasteiger partial charge on any atom is -0.492 e. The SMILES string of the molecule is O=C(CCOc1ccccc1Cl)C1CCCC1. The fraction of sp³-hybridized carbons (Fsp3) is 0.500. The van der Waals surface area contributed by atoms with Crippen LogP contribution < -0.4 is 4.74 Å². The van der Waals surface area contributed by atoms with E-state index in [9.17, 15) is 4.79 Å². The molecular formula is C14H17ClO2. The lowest BCUT2D eigenvalue weighted by molar-refractivity contribution is -0.123. The molecule has 1 aliphatic carbocycles. The van der Waals surface area contributed by atoms with E-state index in [-0.39, 0.29) is 5.92 Å². The first kappa shape index (κ1) is 12.4. The summed E-state index contributed by atoms with van der Waals surface area (Å²) < 4.78 is 5.51. The summed E-state index contributed by atoms with van der Waals surface area (Å²) in [6.07, 6.45) is 5.01. The summed E-state index contributed by atoms with van der Waals surface area (Å²) in [5.74, 6) is 1.28. The molecule has 0 unspecified atom stereocenters. The number of para-hydroxylation sites is 1. The topological polar surface area (TPSA) is 26.3 Å². The number of carbonyl (C=O) groups is 1. The molecule has 0 saturated heterocycles. The molecular weight excluding hydrogens is 236 g/mol. The summed E-state index contributed by atoms with van der Waals surface area (Å²) in [5.41, 5.74) is 0. The summed E-state index contributed by atoms with van der Waals surface area (Å²) >= 11 is 5.96. The largest absolute Gasteiger partial charge is 0.492 e. The predicted octanol–water partition coefficient (Wildman–Crippen LogP) is 3.87. The molecule has 92 valence electrons. The Morgan fingerprint density at radius 2 is 2.00 bits per heavy atom. The maximum absolute atomic E-state index is 11.8. The molecule has 0 heterocycles. The molecule has 0 aliphatic heterocycles. The highest BCUT2D eigenvalue weighted by atomic mass is 35.5. The monoisotopic (exact) mass is 252 g/mol. The summed E-state index contributed by atoms with van der Waals surface area (Å²) in [6, 6.07) is 7.34. The number of ketones is 1. The molecule has 1 aliphatic rings. The third kappa shape index (κ3) is 3.47. The van der Waals surface area contributed by atoms with E-state index in [1.165, 1.54) is 12.8 Å². The first-order valence-corrected chi connectivity index (χ1v) is 6.55.